The van der Waals surface area contributed by atoms with E-state index in [-0.39, 0.29) is 18.5 Å². The second-order valence-corrected chi connectivity index (χ2v) is 5.09. The van der Waals surface area contributed by atoms with Crippen LogP contribution in [-0.2, 0) is 0 Å². The number of hydrogen-bond donors (Lipinski definition) is 2. The molecule has 0 radical (unpaired) electrons. The van der Waals surface area contributed by atoms with Crippen molar-refractivity contribution in [2.45, 2.75) is 37.5 Å². The maximum absolute atomic E-state index is 12.1. The Morgan fingerprint density at radius 2 is 2.00 bits per heavy atom. The van der Waals surface area contributed by atoms with Crippen molar-refractivity contribution in [3.8, 4) is 0 Å². The molecule has 3 N–H and O–H groups in total. The highest BCUT2D eigenvalue weighted by Gasteiger charge is 2.31. The Morgan fingerprint density at radius 1 is 1.33 bits per heavy atom. The summed E-state index contributed by atoms with van der Waals surface area (Å²) in [5.74, 6) is 5.48. The fourth-order valence-corrected chi connectivity index (χ4v) is 2.39. The lowest BCUT2D eigenvalue weighted by atomic mass is 9.99. The summed E-state index contributed by atoms with van der Waals surface area (Å²) in [5.41, 5.74) is 2.67. The van der Waals surface area contributed by atoms with Crippen molar-refractivity contribution in [3.63, 3.8) is 0 Å². The van der Waals surface area contributed by atoms with Gasteiger partial charge in [0.05, 0.1) is 0 Å². The standard InChI is InChI=1S/C11H23F3N4/c1-17-6-7-18(2)10(8-17)9(16-15)4-3-5-11(12,13)14/h9-10,16H,3-8,15H2,1-2H3. The molecule has 108 valence electrons. The van der Waals surface area contributed by atoms with Gasteiger partial charge in [0.15, 0.2) is 0 Å². The van der Waals surface area contributed by atoms with Gasteiger partial charge in [0.2, 0.25) is 0 Å². The third-order valence-electron chi connectivity index (χ3n) is 3.55. The smallest absolute Gasteiger partial charge is 0.303 e. The highest BCUT2D eigenvalue weighted by molar-refractivity contribution is 4.87. The molecule has 0 aromatic heterocycles. The third-order valence-corrected chi connectivity index (χ3v) is 3.55. The van der Waals surface area contributed by atoms with E-state index in [1.54, 1.807) is 0 Å². The van der Waals surface area contributed by atoms with Gasteiger partial charge in [0, 0.05) is 38.1 Å². The van der Waals surface area contributed by atoms with E-state index >= 15 is 0 Å². The third kappa shape index (κ3) is 5.09. The predicted octanol–water partition coefficient (Wildman–Crippen LogP) is 0.797. The molecule has 1 fully saturated rings. The molecule has 1 saturated heterocycles. The number of piperazine rings is 1. The highest BCUT2D eigenvalue weighted by atomic mass is 19.4. The summed E-state index contributed by atoms with van der Waals surface area (Å²) in [6.45, 7) is 2.73. The summed E-state index contributed by atoms with van der Waals surface area (Å²) in [4.78, 5) is 4.34. The van der Waals surface area contributed by atoms with Gasteiger partial charge in [-0.2, -0.15) is 13.2 Å². The van der Waals surface area contributed by atoms with E-state index in [1.165, 1.54) is 0 Å². The number of halogens is 3. The number of nitrogens with zero attached hydrogens (tertiary/aromatic N) is 2. The molecule has 1 rings (SSSR count). The van der Waals surface area contributed by atoms with Crippen LogP contribution in [0.5, 0.6) is 0 Å². The van der Waals surface area contributed by atoms with E-state index < -0.39 is 12.6 Å². The Labute approximate surface area is 106 Å². The molecule has 1 heterocycles. The maximum Gasteiger partial charge on any atom is 0.389 e. The Bertz CT molecular complexity index is 247. The van der Waals surface area contributed by atoms with Gasteiger partial charge in [-0.1, -0.05) is 0 Å². The lowest BCUT2D eigenvalue weighted by Crippen LogP contribution is -2.59. The zero-order valence-electron chi connectivity index (χ0n) is 11.0. The monoisotopic (exact) mass is 268 g/mol. The molecule has 18 heavy (non-hydrogen) atoms. The first kappa shape index (κ1) is 15.7. The molecule has 0 bridgehead atoms. The summed E-state index contributed by atoms with van der Waals surface area (Å²) in [6.07, 6.45) is -4.25. The van der Waals surface area contributed by atoms with Crippen LogP contribution in [0.4, 0.5) is 13.2 Å². The minimum atomic E-state index is -4.07. The summed E-state index contributed by atoms with van der Waals surface area (Å²) < 4.78 is 36.4. The molecular formula is C11H23F3N4. The normalized spacial score (nSPS) is 25.3. The van der Waals surface area contributed by atoms with Crippen molar-refractivity contribution < 1.29 is 13.2 Å². The van der Waals surface area contributed by atoms with E-state index in [1.807, 2.05) is 14.1 Å². The number of alkyl halides is 3. The second kappa shape index (κ2) is 6.70. The average molecular weight is 268 g/mol. The summed E-state index contributed by atoms with van der Waals surface area (Å²) in [5, 5.41) is 0. The Balaban J connectivity index is 2.44. The number of likely N-dealkylation sites (N-methyl/N-ethyl adjacent to an activating group) is 2. The van der Waals surface area contributed by atoms with Gasteiger partial charge in [-0.25, -0.2) is 0 Å². The zero-order valence-corrected chi connectivity index (χ0v) is 11.0. The SMILES string of the molecule is CN1CCN(C)C(C(CCCC(F)(F)F)NN)C1. The summed E-state index contributed by atoms with van der Waals surface area (Å²) >= 11 is 0. The van der Waals surface area contributed by atoms with Gasteiger partial charge in [0.1, 0.15) is 0 Å². The summed E-state index contributed by atoms with van der Waals surface area (Å²) in [7, 11) is 4.01. The van der Waals surface area contributed by atoms with Crippen molar-refractivity contribution in [1.29, 1.82) is 0 Å². The molecule has 0 spiro atoms. The Morgan fingerprint density at radius 3 is 2.56 bits per heavy atom. The topological polar surface area (TPSA) is 44.5 Å². The Kier molecular flexibility index (Phi) is 5.84. The molecule has 0 aliphatic carbocycles. The van der Waals surface area contributed by atoms with Gasteiger partial charge in [0.25, 0.3) is 0 Å². The van der Waals surface area contributed by atoms with Crippen molar-refractivity contribution in [2.75, 3.05) is 33.7 Å². The molecule has 0 aromatic rings. The van der Waals surface area contributed by atoms with Crippen LogP contribution in [-0.4, -0.2) is 61.8 Å². The lowest BCUT2D eigenvalue weighted by Gasteiger charge is -2.41. The largest absolute Gasteiger partial charge is 0.389 e. The van der Waals surface area contributed by atoms with Crippen molar-refractivity contribution in [1.82, 2.24) is 15.2 Å². The molecule has 4 nitrogen and oxygen atoms in total. The quantitative estimate of drug-likeness (QED) is 0.572. The zero-order chi connectivity index (χ0) is 13.8. The minimum Gasteiger partial charge on any atom is -0.303 e. The van der Waals surface area contributed by atoms with Crippen molar-refractivity contribution in [3.05, 3.63) is 0 Å². The first-order chi connectivity index (χ1) is 8.33. The van der Waals surface area contributed by atoms with Gasteiger partial charge in [-0.3, -0.25) is 16.2 Å². The fraction of sp³-hybridized carbons (Fsp3) is 1.00. The predicted molar refractivity (Wildman–Crippen MR) is 64.9 cm³/mol. The van der Waals surface area contributed by atoms with E-state index in [0.29, 0.717) is 6.42 Å². The van der Waals surface area contributed by atoms with Crippen LogP contribution < -0.4 is 11.3 Å². The molecule has 1 aliphatic heterocycles. The number of hydrogen-bond acceptors (Lipinski definition) is 4. The molecule has 2 atom stereocenters. The van der Waals surface area contributed by atoms with Crippen LogP contribution in [0.1, 0.15) is 19.3 Å². The first-order valence-corrected chi connectivity index (χ1v) is 6.25. The molecule has 7 heteroatoms. The van der Waals surface area contributed by atoms with E-state index in [0.717, 1.165) is 19.6 Å². The number of nitrogens with two attached hydrogens (primary N) is 1. The number of nitrogens with one attached hydrogen (secondary N) is 1. The van der Waals surface area contributed by atoms with Gasteiger partial charge >= 0.3 is 6.18 Å². The van der Waals surface area contributed by atoms with Gasteiger partial charge < -0.3 is 4.90 Å². The van der Waals surface area contributed by atoms with Crippen LogP contribution in [0.2, 0.25) is 0 Å². The van der Waals surface area contributed by atoms with Crippen LogP contribution in [0, 0.1) is 0 Å². The molecule has 0 aromatic carbocycles. The van der Waals surface area contributed by atoms with E-state index in [2.05, 4.69) is 15.2 Å². The van der Waals surface area contributed by atoms with Crippen LogP contribution >= 0.6 is 0 Å². The molecule has 2 unspecified atom stereocenters. The van der Waals surface area contributed by atoms with Crippen molar-refractivity contribution >= 4 is 0 Å². The van der Waals surface area contributed by atoms with Gasteiger partial charge in [-0.15, -0.1) is 0 Å². The highest BCUT2D eigenvalue weighted by Crippen LogP contribution is 2.23. The molecule has 0 amide bonds. The molecule has 0 saturated carbocycles. The number of hydrazine groups is 1. The van der Waals surface area contributed by atoms with Crippen LogP contribution in [0.15, 0.2) is 0 Å². The van der Waals surface area contributed by atoms with Crippen LogP contribution in [0.25, 0.3) is 0 Å². The van der Waals surface area contributed by atoms with E-state index in [4.69, 9.17) is 5.84 Å². The lowest BCUT2D eigenvalue weighted by molar-refractivity contribution is -0.136. The summed E-state index contributed by atoms with van der Waals surface area (Å²) in [6, 6.07) is 0.0714. The number of rotatable bonds is 5. The fourth-order valence-electron chi connectivity index (χ4n) is 2.39. The first-order valence-electron chi connectivity index (χ1n) is 6.25. The van der Waals surface area contributed by atoms with Crippen LogP contribution in [0.3, 0.4) is 0 Å². The molecule has 1 aliphatic rings. The average Bonchev–Trinajstić information content (AvgIpc) is 2.27. The maximum atomic E-state index is 12.1. The van der Waals surface area contributed by atoms with Crippen molar-refractivity contribution in [2.24, 2.45) is 5.84 Å². The Hall–Kier alpha value is -0.370. The molecular weight excluding hydrogens is 245 g/mol. The second-order valence-electron chi connectivity index (χ2n) is 5.09. The van der Waals surface area contributed by atoms with Gasteiger partial charge in [-0.05, 0) is 26.9 Å². The minimum absolute atomic E-state index is 0.0971. The van der Waals surface area contributed by atoms with E-state index in [9.17, 15) is 13.2 Å².